The van der Waals surface area contributed by atoms with Crippen LogP contribution in [0.15, 0.2) is 30.3 Å². The highest BCUT2D eigenvalue weighted by Gasteiger charge is 2.16. The lowest BCUT2D eigenvalue weighted by Gasteiger charge is -2.21. The van der Waals surface area contributed by atoms with Crippen LogP contribution in [0, 0.1) is 0 Å². The van der Waals surface area contributed by atoms with Crippen LogP contribution in [0.4, 0.5) is 0 Å². The van der Waals surface area contributed by atoms with E-state index in [1.54, 1.807) is 0 Å². The largest absolute Gasteiger partial charge is 0.353 e. The number of rotatable bonds is 6. The molecule has 0 fully saturated rings. The number of hydrogen-bond donors (Lipinski definition) is 1. The van der Waals surface area contributed by atoms with Gasteiger partial charge in [0.1, 0.15) is 5.38 Å². The Bertz CT molecular complexity index is 367. The maximum atomic E-state index is 11.8. The Labute approximate surface area is 114 Å². The third kappa shape index (κ3) is 4.67. The quantitative estimate of drug-likeness (QED) is 0.804. The van der Waals surface area contributed by atoms with E-state index in [4.69, 9.17) is 11.6 Å². The molecule has 0 aliphatic rings. The van der Waals surface area contributed by atoms with Crippen LogP contribution in [-0.4, -0.2) is 37.0 Å². The molecule has 0 saturated carbocycles. The highest BCUT2D eigenvalue weighted by atomic mass is 35.5. The molecule has 0 saturated heterocycles. The van der Waals surface area contributed by atoms with Gasteiger partial charge >= 0.3 is 0 Å². The Hall–Kier alpha value is -1.06. The summed E-state index contributed by atoms with van der Waals surface area (Å²) in [6, 6.07) is 9.86. The molecule has 0 aliphatic carbocycles. The molecule has 4 heteroatoms. The SMILES string of the molecule is CC(C)N(C)CCNC(=O)C(Cl)c1ccccc1. The van der Waals surface area contributed by atoms with E-state index in [9.17, 15) is 4.79 Å². The van der Waals surface area contributed by atoms with Gasteiger partial charge in [-0.25, -0.2) is 0 Å². The second-order valence-corrected chi connectivity index (χ2v) is 5.08. The Morgan fingerprint density at radius 2 is 1.94 bits per heavy atom. The van der Waals surface area contributed by atoms with Gasteiger partial charge in [0.2, 0.25) is 5.91 Å². The maximum absolute atomic E-state index is 11.8. The third-order valence-corrected chi connectivity index (χ3v) is 3.42. The van der Waals surface area contributed by atoms with Crippen LogP contribution in [0.2, 0.25) is 0 Å². The summed E-state index contributed by atoms with van der Waals surface area (Å²) in [6.07, 6.45) is 0. The number of nitrogens with zero attached hydrogens (tertiary/aromatic N) is 1. The molecule has 0 aliphatic heterocycles. The van der Waals surface area contributed by atoms with Crippen LogP contribution >= 0.6 is 11.6 Å². The van der Waals surface area contributed by atoms with E-state index >= 15 is 0 Å². The molecule has 1 unspecified atom stereocenters. The van der Waals surface area contributed by atoms with Crippen LogP contribution in [0.5, 0.6) is 0 Å². The summed E-state index contributed by atoms with van der Waals surface area (Å²) in [5, 5.41) is 2.24. The first-order valence-electron chi connectivity index (χ1n) is 6.19. The van der Waals surface area contributed by atoms with Gasteiger partial charge in [0, 0.05) is 19.1 Å². The van der Waals surface area contributed by atoms with E-state index in [0.29, 0.717) is 12.6 Å². The van der Waals surface area contributed by atoms with Gasteiger partial charge in [0.15, 0.2) is 0 Å². The van der Waals surface area contributed by atoms with Gasteiger partial charge in [0.05, 0.1) is 0 Å². The fourth-order valence-electron chi connectivity index (χ4n) is 1.48. The molecule has 0 radical (unpaired) electrons. The van der Waals surface area contributed by atoms with E-state index in [1.807, 2.05) is 37.4 Å². The molecule has 0 spiro atoms. The number of amides is 1. The number of nitrogens with one attached hydrogen (secondary N) is 1. The van der Waals surface area contributed by atoms with E-state index < -0.39 is 5.38 Å². The molecular weight excluding hydrogens is 248 g/mol. The maximum Gasteiger partial charge on any atom is 0.242 e. The first-order valence-corrected chi connectivity index (χ1v) is 6.63. The van der Waals surface area contributed by atoms with E-state index in [0.717, 1.165) is 12.1 Å². The zero-order chi connectivity index (χ0) is 13.5. The molecule has 100 valence electrons. The summed E-state index contributed by atoms with van der Waals surface area (Å²) >= 11 is 6.11. The molecule has 3 nitrogen and oxygen atoms in total. The van der Waals surface area contributed by atoms with E-state index in [1.165, 1.54) is 0 Å². The summed E-state index contributed by atoms with van der Waals surface area (Å²) in [4.78, 5) is 14.0. The van der Waals surface area contributed by atoms with Crippen molar-refractivity contribution < 1.29 is 4.79 Å². The number of alkyl halides is 1. The molecule has 0 aromatic heterocycles. The smallest absolute Gasteiger partial charge is 0.242 e. The van der Waals surface area contributed by atoms with E-state index in [-0.39, 0.29) is 5.91 Å². The first-order chi connectivity index (χ1) is 8.52. The van der Waals surface area contributed by atoms with Crippen LogP contribution < -0.4 is 5.32 Å². The molecule has 0 bridgehead atoms. The molecule has 0 heterocycles. The van der Waals surface area contributed by atoms with Crippen LogP contribution in [0.3, 0.4) is 0 Å². The van der Waals surface area contributed by atoms with Gasteiger partial charge in [0.25, 0.3) is 0 Å². The van der Waals surface area contributed by atoms with Gasteiger partial charge in [-0.3, -0.25) is 4.79 Å². The Balaban J connectivity index is 2.37. The minimum Gasteiger partial charge on any atom is -0.353 e. The van der Waals surface area contributed by atoms with Gasteiger partial charge in [-0.2, -0.15) is 0 Å². The van der Waals surface area contributed by atoms with Crippen molar-refractivity contribution >= 4 is 17.5 Å². The second kappa shape index (κ2) is 7.39. The highest BCUT2D eigenvalue weighted by molar-refractivity contribution is 6.30. The molecule has 18 heavy (non-hydrogen) atoms. The van der Waals surface area contributed by atoms with Crippen molar-refractivity contribution in [3.05, 3.63) is 35.9 Å². The van der Waals surface area contributed by atoms with Crippen LogP contribution in [0.25, 0.3) is 0 Å². The summed E-state index contributed by atoms with van der Waals surface area (Å²) in [5.41, 5.74) is 0.828. The fraction of sp³-hybridized carbons (Fsp3) is 0.500. The van der Waals surface area contributed by atoms with Crippen LogP contribution in [0.1, 0.15) is 24.8 Å². The zero-order valence-corrected chi connectivity index (χ0v) is 11.9. The summed E-state index contributed by atoms with van der Waals surface area (Å²) < 4.78 is 0. The Kier molecular flexibility index (Phi) is 6.16. The summed E-state index contributed by atoms with van der Waals surface area (Å²) in [7, 11) is 2.03. The number of benzene rings is 1. The Morgan fingerprint density at radius 3 is 2.50 bits per heavy atom. The lowest BCUT2D eigenvalue weighted by atomic mass is 10.1. The van der Waals surface area contributed by atoms with Gasteiger partial charge in [-0.15, -0.1) is 11.6 Å². The summed E-state index contributed by atoms with van der Waals surface area (Å²) in [6.45, 7) is 5.68. The van der Waals surface area contributed by atoms with Crippen molar-refractivity contribution in [3.63, 3.8) is 0 Å². The predicted octanol–water partition coefficient (Wildman–Crippen LogP) is 2.42. The third-order valence-electron chi connectivity index (χ3n) is 2.97. The van der Waals surface area contributed by atoms with Crippen molar-refractivity contribution in [1.82, 2.24) is 10.2 Å². The van der Waals surface area contributed by atoms with Gasteiger partial charge < -0.3 is 10.2 Å². The minimum atomic E-state index is -0.615. The fourth-order valence-corrected chi connectivity index (χ4v) is 1.70. The van der Waals surface area contributed by atoms with Crippen molar-refractivity contribution in [1.29, 1.82) is 0 Å². The number of hydrogen-bond acceptors (Lipinski definition) is 2. The molecule has 1 atom stereocenters. The average Bonchev–Trinajstić information content (AvgIpc) is 2.38. The topological polar surface area (TPSA) is 32.3 Å². The van der Waals surface area contributed by atoms with Crippen molar-refractivity contribution in [3.8, 4) is 0 Å². The number of halogens is 1. The number of likely N-dealkylation sites (N-methyl/N-ethyl adjacent to an activating group) is 1. The molecule has 1 aromatic rings. The van der Waals surface area contributed by atoms with Crippen molar-refractivity contribution in [2.45, 2.75) is 25.3 Å². The average molecular weight is 269 g/mol. The predicted molar refractivity (Wildman–Crippen MR) is 75.8 cm³/mol. The molecular formula is C14H21ClN2O. The van der Waals surface area contributed by atoms with Crippen molar-refractivity contribution in [2.24, 2.45) is 0 Å². The monoisotopic (exact) mass is 268 g/mol. The number of carbonyl (C=O) groups is 1. The molecule has 1 N–H and O–H groups in total. The summed E-state index contributed by atoms with van der Waals surface area (Å²) in [5.74, 6) is -0.139. The van der Waals surface area contributed by atoms with Crippen molar-refractivity contribution in [2.75, 3.05) is 20.1 Å². The number of carbonyl (C=O) groups excluding carboxylic acids is 1. The lowest BCUT2D eigenvalue weighted by Crippen LogP contribution is -2.37. The standard InChI is InChI=1S/C14H21ClN2O/c1-11(2)17(3)10-9-16-14(18)13(15)12-7-5-4-6-8-12/h4-8,11,13H,9-10H2,1-3H3,(H,16,18). The molecule has 1 rings (SSSR count). The van der Waals surface area contributed by atoms with Crippen LogP contribution in [-0.2, 0) is 4.79 Å². The second-order valence-electron chi connectivity index (χ2n) is 4.64. The zero-order valence-electron chi connectivity index (χ0n) is 11.2. The minimum absolute atomic E-state index is 0.139. The van der Waals surface area contributed by atoms with E-state index in [2.05, 4.69) is 24.1 Å². The van der Waals surface area contributed by atoms with Gasteiger partial charge in [-0.05, 0) is 26.5 Å². The molecule has 1 amide bonds. The normalized spacial score (nSPS) is 12.8. The highest BCUT2D eigenvalue weighted by Crippen LogP contribution is 2.19. The van der Waals surface area contributed by atoms with Gasteiger partial charge in [-0.1, -0.05) is 30.3 Å². The Morgan fingerprint density at radius 1 is 1.33 bits per heavy atom. The first kappa shape index (κ1) is 15.0. The lowest BCUT2D eigenvalue weighted by molar-refractivity contribution is -0.120. The molecule has 1 aromatic carbocycles.